The number of hydrogen-bond acceptors (Lipinski definition) is 2. The summed E-state index contributed by atoms with van der Waals surface area (Å²) in [5.41, 5.74) is 0.903. The van der Waals surface area contributed by atoms with Gasteiger partial charge in [-0.3, -0.25) is 4.79 Å². The predicted octanol–water partition coefficient (Wildman–Crippen LogP) is 2.58. The summed E-state index contributed by atoms with van der Waals surface area (Å²) in [4.78, 5) is 14.4. The number of amides is 1. The Bertz CT molecular complexity index is 280. The van der Waals surface area contributed by atoms with E-state index in [2.05, 4.69) is 24.1 Å². The van der Waals surface area contributed by atoms with E-state index in [1.807, 2.05) is 13.0 Å². The fourth-order valence-corrected chi connectivity index (χ4v) is 2.56. The van der Waals surface area contributed by atoms with Crippen LogP contribution in [0.2, 0.25) is 0 Å². The quantitative estimate of drug-likeness (QED) is 0.737. The molecule has 0 aromatic carbocycles. The first kappa shape index (κ1) is 15.2. The lowest BCUT2D eigenvalue weighted by Gasteiger charge is -2.30. The van der Waals surface area contributed by atoms with E-state index in [9.17, 15) is 4.79 Å². The average molecular weight is 252 g/mol. The van der Waals surface area contributed by atoms with Crippen molar-refractivity contribution in [1.82, 2.24) is 10.2 Å². The minimum absolute atomic E-state index is 0.234. The van der Waals surface area contributed by atoms with E-state index in [0.29, 0.717) is 5.92 Å². The Balaban J connectivity index is 2.57. The van der Waals surface area contributed by atoms with Gasteiger partial charge in [-0.2, -0.15) is 0 Å². The number of allylic oxidation sites excluding steroid dienone is 1. The first-order valence-electron chi connectivity index (χ1n) is 7.35. The highest BCUT2D eigenvalue weighted by atomic mass is 16.2. The molecule has 1 aliphatic rings. The van der Waals surface area contributed by atoms with Gasteiger partial charge in [0.15, 0.2) is 0 Å². The molecule has 1 rings (SSSR count). The summed E-state index contributed by atoms with van der Waals surface area (Å²) in [5.74, 6) is 0.911. The minimum atomic E-state index is 0.234. The highest BCUT2D eigenvalue weighted by Crippen LogP contribution is 2.15. The third-order valence-electron chi connectivity index (χ3n) is 3.57. The molecule has 0 aromatic heterocycles. The van der Waals surface area contributed by atoms with Crippen LogP contribution in [0, 0.1) is 5.92 Å². The van der Waals surface area contributed by atoms with Gasteiger partial charge in [0, 0.05) is 18.7 Å². The van der Waals surface area contributed by atoms with Crippen LogP contribution >= 0.6 is 0 Å². The average Bonchev–Trinajstić information content (AvgIpc) is 2.39. The van der Waals surface area contributed by atoms with Crippen LogP contribution in [-0.2, 0) is 4.79 Å². The summed E-state index contributed by atoms with van der Waals surface area (Å²) in [5, 5.41) is 3.38. The largest absolute Gasteiger partial charge is 0.339 e. The molecular weight excluding hydrogens is 224 g/mol. The van der Waals surface area contributed by atoms with E-state index < -0.39 is 0 Å². The Morgan fingerprint density at radius 3 is 2.56 bits per heavy atom. The molecule has 0 aromatic rings. The van der Waals surface area contributed by atoms with Crippen molar-refractivity contribution in [3.63, 3.8) is 0 Å². The molecule has 18 heavy (non-hydrogen) atoms. The van der Waals surface area contributed by atoms with E-state index in [0.717, 1.165) is 44.6 Å². The first-order chi connectivity index (χ1) is 8.69. The van der Waals surface area contributed by atoms with Crippen molar-refractivity contribution in [1.29, 1.82) is 0 Å². The molecule has 0 bridgehead atoms. The Morgan fingerprint density at radius 2 is 2.00 bits per heavy atom. The summed E-state index contributed by atoms with van der Waals surface area (Å²) in [6.07, 6.45) is 6.41. The molecular formula is C15H28N2O. The van der Waals surface area contributed by atoms with E-state index in [-0.39, 0.29) is 5.91 Å². The lowest BCUT2D eigenvalue weighted by Crippen LogP contribution is -2.40. The van der Waals surface area contributed by atoms with Crippen molar-refractivity contribution in [2.45, 2.75) is 46.5 Å². The van der Waals surface area contributed by atoms with Crippen LogP contribution in [0.4, 0.5) is 0 Å². The summed E-state index contributed by atoms with van der Waals surface area (Å²) in [6, 6.07) is 0. The molecule has 3 nitrogen and oxygen atoms in total. The second-order valence-corrected chi connectivity index (χ2v) is 5.24. The number of carbonyl (C=O) groups excluding carboxylic acids is 1. The van der Waals surface area contributed by atoms with E-state index in [4.69, 9.17) is 0 Å². The van der Waals surface area contributed by atoms with Gasteiger partial charge in [0.2, 0.25) is 5.91 Å². The van der Waals surface area contributed by atoms with E-state index in [1.54, 1.807) is 0 Å². The van der Waals surface area contributed by atoms with Crippen LogP contribution < -0.4 is 5.32 Å². The van der Waals surface area contributed by atoms with Crippen molar-refractivity contribution in [2.75, 3.05) is 26.2 Å². The van der Waals surface area contributed by atoms with Gasteiger partial charge < -0.3 is 10.2 Å². The van der Waals surface area contributed by atoms with Gasteiger partial charge in [0.05, 0.1) is 0 Å². The van der Waals surface area contributed by atoms with Gasteiger partial charge in [-0.15, -0.1) is 0 Å². The normalized spacial score (nSPS) is 17.8. The maximum Gasteiger partial charge on any atom is 0.249 e. The highest BCUT2D eigenvalue weighted by Gasteiger charge is 2.20. The first-order valence-corrected chi connectivity index (χ1v) is 7.35. The fraction of sp³-hybridized carbons (Fsp3) is 0.800. The fourth-order valence-electron chi connectivity index (χ4n) is 2.56. The lowest BCUT2D eigenvalue weighted by atomic mass is 9.97. The molecule has 1 N–H and O–H groups in total. The van der Waals surface area contributed by atoms with Crippen LogP contribution in [0.1, 0.15) is 46.5 Å². The number of nitrogens with one attached hydrogen (secondary N) is 1. The van der Waals surface area contributed by atoms with Gasteiger partial charge in [0.25, 0.3) is 0 Å². The third-order valence-corrected chi connectivity index (χ3v) is 3.57. The number of nitrogens with zero attached hydrogens (tertiary/aromatic N) is 1. The van der Waals surface area contributed by atoms with Gasteiger partial charge in [0.1, 0.15) is 0 Å². The van der Waals surface area contributed by atoms with Crippen molar-refractivity contribution < 1.29 is 4.79 Å². The Morgan fingerprint density at radius 1 is 1.33 bits per heavy atom. The van der Waals surface area contributed by atoms with Crippen LogP contribution in [0.15, 0.2) is 11.6 Å². The van der Waals surface area contributed by atoms with Gasteiger partial charge >= 0.3 is 0 Å². The minimum Gasteiger partial charge on any atom is -0.339 e. The third kappa shape index (κ3) is 4.81. The standard InChI is InChI=1S/C15H28N2O/c1-4-6-13(3)15(18)17(11-5-2)12-14-7-9-16-10-8-14/h6,14,16H,4-5,7-12H2,1-3H3. The molecule has 0 aliphatic carbocycles. The molecule has 0 unspecified atom stereocenters. The molecule has 0 saturated carbocycles. The van der Waals surface area contributed by atoms with Crippen molar-refractivity contribution in [3.8, 4) is 0 Å². The van der Waals surface area contributed by atoms with Crippen molar-refractivity contribution >= 4 is 5.91 Å². The van der Waals surface area contributed by atoms with Crippen LogP contribution in [0.5, 0.6) is 0 Å². The molecule has 1 aliphatic heterocycles. The number of piperidine rings is 1. The zero-order chi connectivity index (χ0) is 13.4. The Labute approximate surface area is 112 Å². The maximum absolute atomic E-state index is 12.3. The topological polar surface area (TPSA) is 32.3 Å². The molecule has 3 heteroatoms. The van der Waals surface area contributed by atoms with Crippen LogP contribution in [0.3, 0.4) is 0 Å². The van der Waals surface area contributed by atoms with Gasteiger partial charge in [-0.05, 0) is 51.6 Å². The number of rotatable bonds is 6. The molecule has 0 atom stereocenters. The second-order valence-electron chi connectivity index (χ2n) is 5.24. The van der Waals surface area contributed by atoms with Crippen LogP contribution in [-0.4, -0.2) is 37.0 Å². The molecule has 1 fully saturated rings. The second kappa shape index (κ2) is 8.30. The SMILES string of the molecule is CCC=C(C)C(=O)N(CCC)CC1CCNCC1. The lowest BCUT2D eigenvalue weighted by molar-refractivity contribution is -0.127. The summed E-state index contributed by atoms with van der Waals surface area (Å²) in [7, 11) is 0. The summed E-state index contributed by atoms with van der Waals surface area (Å²) >= 11 is 0. The van der Waals surface area contributed by atoms with Crippen molar-refractivity contribution in [2.24, 2.45) is 5.92 Å². The Hall–Kier alpha value is -0.830. The maximum atomic E-state index is 12.3. The zero-order valence-electron chi connectivity index (χ0n) is 12.2. The highest BCUT2D eigenvalue weighted by molar-refractivity contribution is 5.92. The molecule has 0 spiro atoms. The Kier molecular flexibility index (Phi) is 7.02. The molecule has 1 amide bonds. The van der Waals surface area contributed by atoms with E-state index in [1.165, 1.54) is 12.8 Å². The molecule has 0 radical (unpaired) electrons. The van der Waals surface area contributed by atoms with Crippen LogP contribution in [0.25, 0.3) is 0 Å². The summed E-state index contributed by atoms with van der Waals surface area (Å²) in [6.45, 7) is 10.2. The summed E-state index contributed by atoms with van der Waals surface area (Å²) < 4.78 is 0. The van der Waals surface area contributed by atoms with E-state index >= 15 is 0 Å². The number of carbonyl (C=O) groups is 1. The van der Waals surface area contributed by atoms with Gasteiger partial charge in [-0.1, -0.05) is 19.9 Å². The van der Waals surface area contributed by atoms with Gasteiger partial charge in [-0.25, -0.2) is 0 Å². The molecule has 104 valence electrons. The van der Waals surface area contributed by atoms with Crippen molar-refractivity contribution in [3.05, 3.63) is 11.6 Å². The number of hydrogen-bond donors (Lipinski definition) is 1. The monoisotopic (exact) mass is 252 g/mol. The molecule has 1 heterocycles. The zero-order valence-corrected chi connectivity index (χ0v) is 12.2. The smallest absolute Gasteiger partial charge is 0.249 e. The predicted molar refractivity (Wildman–Crippen MR) is 76.5 cm³/mol. The molecule has 1 saturated heterocycles.